The van der Waals surface area contributed by atoms with Crippen molar-refractivity contribution in [1.29, 1.82) is 0 Å². The van der Waals surface area contributed by atoms with Crippen molar-refractivity contribution in [2.75, 3.05) is 0 Å². The van der Waals surface area contributed by atoms with Gasteiger partial charge in [-0.05, 0) is 30.9 Å². The fourth-order valence-corrected chi connectivity index (χ4v) is 3.06. The molecule has 1 aliphatic carbocycles. The molecule has 0 unspecified atom stereocenters. The van der Waals surface area contributed by atoms with Crippen molar-refractivity contribution in [2.24, 2.45) is 11.7 Å². The Morgan fingerprint density at radius 3 is 2.33 bits per heavy atom. The Bertz CT molecular complexity index is 483. The number of alkyl halides is 3. The van der Waals surface area contributed by atoms with Gasteiger partial charge in [0.05, 0.1) is 17.7 Å². The van der Waals surface area contributed by atoms with Gasteiger partial charge in [0.25, 0.3) is 0 Å². The maximum Gasteiger partial charge on any atom is 0.416 e. The van der Waals surface area contributed by atoms with Crippen LogP contribution in [0.2, 0.25) is 0 Å². The largest absolute Gasteiger partial charge is 0.416 e. The van der Waals surface area contributed by atoms with E-state index >= 15 is 0 Å². The van der Waals surface area contributed by atoms with Crippen molar-refractivity contribution >= 4 is 0 Å². The Hall–Kier alpha value is -1.14. The van der Waals surface area contributed by atoms with Gasteiger partial charge in [0, 0.05) is 5.56 Å². The van der Waals surface area contributed by atoms with Crippen LogP contribution < -0.4 is 5.73 Å². The molecule has 1 fully saturated rings. The Balaban J connectivity index is 2.31. The minimum absolute atomic E-state index is 0.172. The first-order valence-electron chi connectivity index (χ1n) is 7.11. The highest BCUT2D eigenvalue weighted by Gasteiger charge is 2.39. The molecule has 0 bridgehead atoms. The fraction of sp³-hybridized carbons (Fsp3) is 0.600. The van der Waals surface area contributed by atoms with Gasteiger partial charge in [-0.3, -0.25) is 0 Å². The number of hydrogen-bond acceptors (Lipinski definition) is 2. The molecule has 0 saturated heterocycles. The Labute approximate surface area is 121 Å². The molecule has 1 aromatic carbocycles. The van der Waals surface area contributed by atoms with E-state index in [1.165, 1.54) is 0 Å². The molecule has 0 aromatic heterocycles. The molecule has 0 amide bonds. The molecule has 2 atom stereocenters. The molecular weight excluding hydrogens is 286 g/mol. The minimum Gasteiger partial charge on any atom is -0.391 e. The lowest BCUT2D eigenvalue weighted by molar-refractivity contribution is -0.139. The quantitative estimate of drug-likeness (QED) is 0.835. The first kappa shape index (κ1) is 16.2. The lowest BCUT2D eigenvalue weighted by Crippen LogP contribution is -2.36. The van der Waals surface area contributed by atoms with Crippen molar-refractivity contribution in [3.63, 3.8) is 0 Å². The molecule has 6 heteroatoms. The predicted molar refractivity (Wildman–Crippen MR) is 70.9 cm³/mol. The van der Waals surface area contributed by atoms with Crippen molar-refractivity contribution in [3.05, 3.63) is 35.1 Å². The number of aliphatic hydroxyl groups excluding tert-OH is 1. The maximum atomic E-state index is 13.9. The van der Waals surface area contributed by atoms with Crippen LogP contribution >= 0.6 is 0 Å². The highest BCUT2D eigenvalue weighted by atomic mass is 19.4. The van der Waals surface area contributed by atoms with Crippen LogP contribution in [0.15, 0.2) is 18.2 Å². The molecule has 1 aromatic rings. The average Bonchev–Trinajstić information content (AvgIpc) is 2.45. The van der Waals surface area contributed by atoms with Crippen LogP contribution in [0.4, 0.5) is 17.6 Å². The van der Waals surface area contributed by atoms with E-state index in [9.17, 15) is 22.7 Å². The van der Waals surface area contributed by atoms with E-state index in [2.05, 4.69) is 0 Å². The van der Waals surface area contributed by atoms with Gasteiger partial charge in [-0.2, -0.15) is 13.2 Å². The van der Waals surface area contributed by atoms with Crippen molar-refractivity contribution in [2.45, 2.75) is 50.4 Å². The number of aliphatic hydroxyl groups is 1. The molecule has 0 spiro atoms. The van der Waals surface area contributed by atoms with E-state index in [0.29, 0.717) is 12.8 Å². The Morgan fingerprint density at radius 1 is 1.14 bits per heavy atom. The zero-order valence-corrected chi connectivity index (χ0v) is 11.5. The van der Waals surface area contributed by atoms with Gasteiger partial charge in [-0.15, -0.1) is 0 Å². The molecule has 2 nitrogen and oxygen atoms in total. The third-order valence-electron chi connectivity index (χ3n) is 4.19. The van der Waals surface area contributed by atoms with E-state index in [4.69, 9.17) is 5.73 Å². The highest BCUT2D eigenvalue weighted by molar-refractivity contribution is 5.34. The van der Waals surface area contributed by atoms with Crippen LogP contribution in [-0.4, -0.2) is 11.2 Å². The SMILES string of the molecule is N[C@H](c1c(F)cccc1C(F)(F)F)[C@@H](O)C1CCCCC1. The van der Waals surface area contributed by atoms with Crippen molar-refractivity contribution < 1.29 is 22.7 Å². The number of benzene rings is 1. The van der Waals surface area contributed by atoms with Gasteiger partial charge in [-0.25, -0.2) is 4.39 Å². The molecule has 0 heterocycles. The number of rotatable bonds is 3. The summed E-state index contributed by atoms with van der Waals surface area (Å²) in [6.45, 7) is 0. The molecule has 2 rings (SSSR count). The zero-order valence-electron chi connectivity index (χ0n) is 11.5. The second-order valence-electron chi connectivity index (χ2n) is 5.61. The second kappa shape index (κ2) is 6.32. The van der Waals surface area contributed by atoms with Crippen LogP contribution in [0, 0.1) is 11.7 Å². The summed E-state index contributed by atoms with van der Waals surface area (Å²) in [5, 5.41) is 10.3. The first-order valence-corrected chi connectivity index (χ1v) is 7.11. The fourth-order valence-electron chi connectivity index (χ4n) is 3.06. The summed E-state index contributed by atoms with van der Waals surface area (Å²) in [5.41, 5.74) is 4.04. The number of nitrogens with two attached hydrogens (primary N) is 1. The molecule has 0 radical (unpaired) electrons. The van der Waals surface area contributed by atoms with Gasteiger partial charge in [0.15, 0.2) is 0 Å². The monoisotopic (exact) mass is 305 g/mol. The smallest absolute Gasteiger partial charge is 0.391 e. The Kier molecular flexibility index (Phi) is 4.88. The summed E-state index contributed by atoms with van der Waals surface area (Å²) in [4.78, 5) is 0. The molecule has 21 heavy (non-hydrogen) atoms. The Morgan fingerprint density at radius 2 is 1.76 bits per heavy atom. The van der Waals surface area contributed by atoms with E-state index in [1.807, 2.05) is 0 Å². The van der Waals surface area contributed by atoms with Crippen molar-refractivity contribution in [3.8, 4) is 0 Å². The van der Waals surface area contributed by atoms with Crippen LogP contribution in [0.1, 0.15) is 49.3 Å². The molecular formula is C15H19F4NO. The first-order chi connectivity index (χ1) is 9.82. The van der Waals surface area contributed by atoms with E-state index in [-0.39, 0.29) is 5.92 Å². The van der Waals surface area contributed by atoms with Gasteiger partial charge in [0.1, 0.15) is 5.82 Å². The summed E-state index contributed by atoms with van der Waals surface area (Å²) in [5.74, 6) is -1.19. The topological polar surface area (TPSA) is 46.2 Å². The van der Waals surface area contributed by atoms with Gasteiger partial charge < -0.3 is 10.8 Å². The number of hydrogen-bond donors (Lipinski definition) is 2. The molecule has 0 aliphatic heterocycles. The normalized spacial score (nSPS) is 20.3. The zero-order chi connectivity index (χ0) is 15.6. The van der Waals surface area contributed by atoms with Crippen LogP contribution in [0.25, 0.3) is 0 Å². The van der Waals surface area contributed by atoms with Gasteiger partial charge in [0.2, 0.25) is 0 Å². The van der Waals surface area contributed by atoms with Gasteiger partial charge in [-0.1, -0.05) is 25.3 Å². The van der Waals surface area contributed by atoms with Crippen LogP contribution in [0.3, 0.4) is 0 Å². The summed E-state index contributed by atoms with van der Waals surface area (Å²) in [6, 6.07) is 1.37. The second-order valence-corrected chi connectivity index (χ2v) is 5.61. The van der Waals surface area contributed by atoms with Crippen LogP contribution in [0.5, 0.6) is 0 Å². The van der Waals surface area contributed by atoms with Crippen LogP contribution in [-0.2, 0) is 6.18 Å². The molecule has 1 saturated carbocycles. The van der Waals surface area contributed by atoms with E-state index < -0.39 is 35.3 Å². The standard InChI is InChI=1S/C15H19F4NO/c16-11-8-4-7-10(15(17,18)19)12(11)13(20)14(21)9-5-2-1-3-6-9/h4,7-9,13-14,21H,1-3,5-6,20H2/t13-,14+/m1/s1. The molecule has 1 aliphatic rings. The third kappa shape index (κ3) is 3.55. The summed E-state index contributed by atoms with van der Waals surface area (Å²) < 4.78 is 52.8. The third-order valence-corrected chi connectivity index (χ3v) is 4.19. The van der Waals surface area contributed by atoms with Crippen molar-refractivity contribution in [1.82, 2.24) is 0 Å². The lowest BCUT2D eigenvalue weighted by Gasteiger charge is -2.31. The summed E-state index contributed by atoms with van der Waals surface area (Å²) in [6.07, 6.45) is -1.55. The maximum absolute atomic E-state index is 13.9. The lowest BCUT2D eigenvalue weighted by atomic mass is 9.80. The molecule has 3 N–H and O–H groups in total. The minimum atomic E-state index is -4.69. The summed E-state index contributed by atoms with van der Waals surface area (Å²) >= 11 is 0. The van der Waals surface area contributed by atoms with E-state index in [0.717, 1.165) is 37.5 Å². The van der Waals surface area contributed by atoms with Gasteiger partial charge >= 0.3 is 6.18 Å². The molecule has 118 valence electrons. The predicted octanol–water partition coefficient (Wildman–Crippen LogP) is 3.79. The summed E-state index contributed by atoms with van der Waals surface area (Å²) in [7, 11) is 0. The average molecular weight is 305 g/mol. The number of halogens is 4. The highest BCUT2D eigenvalue weighted by Crippen LogP contribution is 2.38. The van der Waals surface area contributed by atoms with E-state index in [1.54, 1.807) is 0 Å².